The number of amidine groups is 1. The van der Waals surface area contributed by atoms with E-state index < -0.39 is 0 Å². The molecule has 0 unspecified atom stereocenters. The van der Waals surface area contributed by atoms with Crippen LogP contribution in [0.3, 0.4) is 0 Å². The molecule has 0 aliphatic carbocycles. The van der Waals surface area contributed by atoms with Gasteiger partial charge in [0.25, 0.3) is 0 Å². The van der Waals surface area contributed by atoms with E-state index >= 15 is 0 Å². The minimum Gasteiger partial charge on any atom is -0.370 e. The van der Waals surface area contributed by atoms with E-state index in [-0.39, 0.29) is 0 Å². The highest BCUT2D eigenvalue weighted by Gasteiger charge is 1.98. The molecular weight excluding hydrogens is 468 g/mol. The number of carbonyl (C=O) groups excluding carboxylic acids is 1. The third kappa shape index (κ3) is 40.1. The van der Waals surface area contributed by atoms with E-state index in [0.29, 0.717) is 0 Å². The number of carbonyl (C=O) groups is 1. The van der Waals surface area contributed by atoms with Crippen molar-refractivity contribution in [2.45, 2.75) is 81.2 Å². The van der Waals surface area contributed by atoms with E-state index in [0.717, 1.165) is 51.0 Å². The monoisotopic (exact) mass is 528 g/mol. The summed E-state index contributed by atoms with van der Waals surface area (Å²) in [5, 5.41) is 6.39. The molecule has 0 saturated carbocycles. The molecule has 1 aromatic carbocycles. The van der Waals surface area contributed by atoms with Gasteiger partial charge in [-0.15, -0.1) is 13.2 Å². The summed E-state index contributed by atoms with van der Waals surface area (Å²) in [6.07, 6.45) is 15.8. The van der Waals surface area contributed by atoms with Crippen LogP contribution >= 0.6 is 0 Å². The Labute approximate surface area is 237 Å². The fourth-order valence-corrected chi connectivity index (χ4v) is 2.38. The summed E-state index contributed by atoms with van der Waals surface area (Å²) in [5.41, 5.74) is 4.13. The molecule has 5 nitrogen and oxygen atoms in total. The lowest BCUT2D eigenvalue weighted by molar-refractivity contribution is -0.104. The van der Waals surface area contributed by atoms with E-state index in [1.807, 2.05) is 27.7 Å². The van der Waals surface area contributed by atoms with Gasteiger partial charge in [0.1, 0.15) is 6.29 Å². The van der Waals surface area contributed by atoms with Crippen LogP contribution in [0.1, 0.15) is 78.0 Å². The lowest BCUT2D eigenvalue weighted by Crippen LogP contribution is -2.19. The van der Waals surface area contributed by atoms with Crippen LogP contribution in [0.4, 0.5) is 0 Å². The minimum atomic E-state index is 0.757. The summed E-state index contributed by atoms with van der Waals surface area (Å²) in [7, 11) is 3.44. The van der Waals surface area contributed by atoms with Gasteiger partial charge in [0.2, 0.25) is 0 Å². The molecule has 0 aromatic heterocycles. The number of nitrogens with one attached hydrogen (secondary N) is 2. The second-order valence-corrected chi connectivity index (χ2v) is 7.17. The zero-order valence-electron chi connectivity index (χ0n) is 26.4. The molecule has 0 spiro atoms. The first-order chi connectivity index (χ1) is 18.4. The standard InChI is InChI=1S/C13H20N2.C9H15NO.C5H10.C2H5N.C2H6.C2H4/c1-5-13-8-12(7-6-10(13)2)9-15-11(3)14-4;1-2-3-4-7-10-8-5-6-9-11;1-3-5-4-2;1-3-2;2*1-2/h6-8H,5,9H2,1-4H3,(H,14,15);3-6,9-10H,2,7-8H2,1H3;3,5H,4H2,1-2H3;1H2,2H3;1-2H3;1-2H2/b;4-3-,6-5+;5-3+;;;. The normalized spacial score (nSPS) is 9.79. The molecule has 5 heteroatoms. The molecule has 0 atom stereocenters. The maximum absolute atomic E-state index is 9.81. The SMILES string of the molecule is C/C=C/CC.C=C.C=NC.CC.CC/C=C\CNC/C=C/C=O.CCc1cc(CNC(C)=NC)ccc1C. The van der Waals surface area contributed by atoms with Crippen LogP contribution in [0.2, 0.25) is 0 Å². The van der Waals surface area contributed by atoms with Crippen LogP contribution in [0, 0.1) is 6.92 Å². The number of allylic oxidation sites excluding steroid dienone is 4. The van der Waals surface area contributed by atoms with E-state index in [4.69, 9.17) is 0 Å². The van der Waals surface area contributed by atoms with Gasteiger partial charge in [-0.2, -0.15) is 0 Å². The predicted molar refractivity (Wildman–Crippen MR) is 177 cm³/mol. The number of nitrogens with zero attached hydrogens (tertiary/aromatic N) is 2. The van der Waals surface area contributed by atoms with Crippen LogP contribution < -0.4 is 10.6 Å². The largest absolute Gasteiger partial charge is 0.370 e. The van der Waals surface area contributed by atoms with E-state index in [9.17, 15) is 4.79 Å². The summed E-state index contributed by atoms with van der Waals surface area (Å²) in [6, 6.07) is 6.63. The van der Waals surface area contributed by atoms with Gasteiger partial charge < -0.3 is 15.6 Å². The zero-order chi connectivity index (χ0) is 30.5. The first-order valence-corrected chi connectivity index (χ1v) is 13.6. The second-order valence-electron chi connectivity index (χ2n) is 7.17. The maximum Gasteiger partial charge on any atom is 0.142 e. The zero-order valence-corrected chi connectivity index (χ0v) is 26.4. The molecule has 0 bridgehead atoms. The third-order valence-corrected chi connectivity index (χ3v) is 4.29. The Balaban J connectivity index is -0.000000138. The number of aliphatic imine (C=N–C) groups is 2. The van der Waals surface area contributed by atoms with Gasteiger partial charge in [-0.05, 0) is 69.5 Å². The lowest BCUT2D eigenvalue weighted by Gasteiger charge is -2.08. The number of aryl methyl sites for hydroxylation is 2. The Morgan fingerprint density at radius 1 is 0.974 bits per heavy atom. The number of benzene rings is 1. The van der Waals surface area contributed by atoms with Crippen molar-refractivity contribution >= 4 is 18.8 Å². The fourth-order valence-electron chi connectivity index (χ4n) is 2.38. The van der Waals surface area contributed by atoms with Gasteiger partial charge >= 0.3 is 0 Å². The number of aldehydes is 1. The van der Waals surface area contributed by atoms with Crippen molar-refractivity contribution in [3.8, 4) is 0 Å². The Hall–Kier alpha value is -3.05. The fraction of sp³-hybridized carbons (Fsp3) is 0.485. The van der Waals surface area contributed by atoms with Crippen LogP contribution in [0.25, 0.3) is 0 Å². The molecule has 1 aromatic rings. The average molecular weight is 529 g/mol. The Morgan fingerprint density at radius 2 is 1.53 bits per heavy atom. The molecule has 2 N–H and O–H groups in total. The second kappa shape index (κ2) is 44.0. The highest BCUT2D eigenvalue weighted by atomic mass is 16.1. The van der Waals surface area contributed by atoms with Crippen molar-refractivity contribution in [1.29, 1.82) is 0 Å². The lowest BCUT2D eigenvalue weighted by atomic mass is 10.0. The van der Waals surface area contributed by atoms with Crippen LogP contribution in [-0.4, -0.2) is 46.0 Å². The average Bonchev–Trinajstić information content (AvgIpc) is 2.95. The summed E-state index contributed by atoms with van der Waals surface area (Å²) in [6.45, 7) is 28.2. The minimum absolute atomic E-state index is 0.757. The van der Waals surface area contributed by atoms with Gasteiger partial charge in [0, 0.05) is 33.7 Å². The van der Waals surface area contributed by atoms with Gasteiger partial charge in [-0.25, -0.2) is 0 Å². The molecular formula is C33H60N4O. The molecule has 0 heterocycles. The van der Waals surface area contributed by atoms with Crippen molar-refractivity contribution in [2.24, 2.45) is 9.98 Å². The molecule has 38 heavy (non-hydrogen) atoms. The summed E-state index contributed by atoms with van der Waals surface area (Å²) in [5.74, 6) is 0.980. The number of rotatable bonds is 10. The van der Waals surface area contributed by atoms with Crippen LogP contribution in [0.15, 0.2) is 77.8 Å². The van der Waals surface area contributed by atoms with Gasteiger partial charge in [0.15, 0.2) is 0 Å². The summed E-state index contributed by atoms with van der Waals surface area (Å²) in [4.78, 5) is 17.1. The smallest absolute Gasteiger partial charge is 0.142 e. The van der Waals surface area contributed by atoms with Crippen LogP contribution in [-0.2, 0) is 17.8 Å². The number of hydrogen-bond acceptors (Lipinski definition) is 4. The summed E-state index contributed by atoms with van der Waals surface area (Å²) >= 11 is 0. The van der Waals surface area contributed by atoms with Crippen LogP contribution in [0.5, 0.6) is 0 Å². The van der Waals surface area contributed by atoms with Crippen molar-refractivity contribution in [3.05, 3.63) is 84.5 Å². The van der Waals surface area contributed by atoms with Crippen molar-refractivity contribution < 1.29 is 4.79 Å². The van der Waals surface area contributed by atoms with Gasteiger partial charge in [-0.1, -0.05) is 83.2 Å². The molecule has 0 fully saturated rings. The highest BCUT2D eigenvalue weighted by molar-refractivity contribution is 5.79. The van der Waals surface area contributed by atoms with E-state index in [2.05, 4.69) is 111 Å². The summed E-state index contributed by atoms with van der Waals surface area (Å²) < 4.78 is 0. The Bertz CT molecular complexity index is 735. The number of hydrogen-bond donors (Lipinski definition) is 2. The van der Waals surface area contributed by atoms with E-state index in [1.54, 1.807) is 20.2 Å². The van der Waals surface area contributed by atoms with Crippen molar-refractivity contribution in [1.82, 2.24) is 10.6 Å². The Kier molecular flexibility index (Phi) is 52.0. The third-order valence-electron chi connectivity index (χ3n) is 4.29. The van der Waals surface area contributed by atoms with Crippen molar-refractivity contribution in [2.75, 3.05) is 27.2 Å². The van der Waals surface area contributed by atoms with Crippen molar-refractivity contribution in [3.63, 3.8) is 0 Å². The molecule has 0 aliphatic rings. The maximum atomic E-state index is 9.81. The quantitative estimate of drug-likeness (QED) is 0.0805. The molecule has 0 aliphatic heterocycles. The molecule has 0 saturated heterocycles. The highest BCUT2D eigenvalue weighted by Crippen LogP contribution is 2.11. The topological polar surface area (TPSA) is 65.8 Å². The first-order valence-electron chi connectivity index (χ1n) is 13.6. The molecule has 218 valence electrons. The first kappa shape index (κ1) is 44.9. The van der Waals surface area contributed by atoms with Gasteiger partial charge in [0.05, 0.1) is 5.84 Å². The Morgan fingerprint density at radius 3 is 1.95 bits per heavy atom. The molecule has 0 radical (unpaired) electrons. The van der Waals surface area contributed by atoms with E-state index in [1.165, 1.54) is 22.8 Å². The van der Waals surface area contributed by atoms with Gasteiger partial charge in [-0.3, -0.25) is 9.79 Å². The predicted octanol–water partition coefficient (Wildman–Crippen LogP) is 8.11. The molecule has 0 amide bonds. The molecule has 1 rings (SSSR count).